The van der Waals surface area contributed by atoms with Crippen molar-refractivity contribution < 1.29 is 4.74 Å². The Hall–Kier alpha value is -1.03. The molecule has 0 aromatic carbocycles. The van der Waals surface area contributed by atoms with Crippen LogP contribution in [0.3, 0.4) is 0 Å². The third-order valence-electron chi connectivity index (χ3n) is 3.56. The van der Waals surface area contributed by atoms with Crippen LogP contribution < -0.4 is 10.6 Å². The van der Waals surface area contributed by atoms with Crippen LogP contribution in [0, 0.1) is 5.92 Å². The highest BCUT2D eigenvalue weighted by Crippen LogP contribution is 2.19. The van der Waals surface area contributed by atoms with Crippen LogP contribution in [0.5, 0.6) is 0 Å². The average molecular weight is 295 g/mol. The Bertz CT molecular complexity index is 324. The van der Waals surface area contributed by atoms with Crippen molar-refractivity contribution in [3.05, 3.63) is 11.6 Å². The highest BCUT2D eigenvalue weighted by Gasteiger charge is 2.04. The van der Waals surface area contributed by atoms with E-state index in [1.807, 2.05) is 7.05 Å². The fraction of sp³-hybridized carbons (Fsp3) is 0.824. The normalized spacial score (nSPS) is 16.0. The average Bonchev–Trinajstić information content (AvgIpc) is 2.49. The van der Waals surface area contributed by atoms with Crippen molar-refractivity contribution in [3.63, 3.8) is 0 Å². The van der Waals surface area contributed by atoms with Crippen molar-refractivity contribution in [2.75, 3.05) is 33.4 Å². The minimum Gasteiger partial charge on any atom is -0.381 e. The Labute approximate surface area is 130 Å². The van der Waals surface area contributed by atoms with E-state index in [-0.39, 0.29) is 0 Å². The second-order valence-electron chi connectivity index (χ2n) is 6.11. The number of allylic oxidation sites excluding steroid dienone is 1. The quantitative estimate of drug-likeness (QED) is 0.297. The molecule has 1 aliphatic rings. The molecule has 4 nitrogen and oxygen atoms in total. The molecule has 0 heterocycles. The lowest BCUT2D eigenvalue weighted by Crippen LogP contribution is -2.38. The Morgan fingerprint density at radius 1 is 1.29 bits per heavy atom. The van der Waals surface area contributed by atoms with Gasteiger partial charge in [-0.25, -0.2) is 0 Å². The summed E-state index contributed by atoms with van der Waals surface area (Å²) >= 11 is 0. The van der Waals surface area contributed by atoms with Crippen molar-refractivity contribution in [2.24, 2.45) is 10.9 Å². The molecule has 0 aromatic heterocycles. The van der Waals surface area contributed by atoms with Gasteiger partial charge in [-0.1, -0.05) is 25.5 Å². The zero-order valence-corrected chi connectivity index (χ0v) is 14.1. The number of nitrogens with one attached hydrogen (secondary N) is 2. The van der Waals surface area contributed by atoms with Gasteiger partial charge in [-0.3, -0.25) is 4.99 Å². The van der Waals surface area contributed by atoms with E-state index in [0.29, 0.717) is 5.92 Å². The van der Waals surface area contributed by atoms with Gasteiger partial charge in [0.2, 0.25) is 0 Å². The van der Waals surface area contributed by atoms with Crippen LogP contribution in [0.1, 0.15) is 52.4 Å². The molecule has 0 atom stereocenters. The maximum atomic E-state index is 5.56. The molecule has 0 amide bonds. The monoisotopic (exact) mass is 295 g/mol. The van der Waals surface area contributed by atoms with E-state index in [4.69, 9.17) is 4.74 Å². The molecule has 4 heteroatoms. The molecule has 0 bridgehead atoms. The third-order valence-corrected chi connectivity index (χ3v) is 3.56. The van der Waals surface area contributed by atoms with Gasteiger partial charge in [0.05, 0.1) is 0 Å². The lowest BCUT2D eigenvalue weighted by molar-refractivity contribution is 0.108. The van der Waals surface area contributed by atoms with E-state index in [1.54, 1.807) is 5.57 Å². The molecule has 0 aliphatic heterocycles. The first-order valence-corrected chi connectivity index (χ1v) is 8.42. The smallest absolute Gasteiger partial charge is 0.190 e. The molecule has 1 rings (SSSR count). The first kappa shape index (κ1) is 18.0. The Balaban J connectivity index is 2.02. The molecule has 0 saturated heterocycles. The molecule has 2 N–H and O–H groups in total. The van der Waals surface area contributed by atoms with Crippen LogP contribution in [0.4, 0.5) is 0 Å². The summed E-state index contributed by atoms with van der Waals surface area (Å²) < 4.78 is 5.56. The molecule has 0 fully saturated rings. The van der Waals surface area contributed by atoms with E-state index < -0.39 is 0 Å². The van der Waals surface area contributed by atoms with Gasteiger partial charge < -0.3 is 15.4 Å². The number of aliphatic imine (C=N–C) groups is 1. The van der Waals surface area contributed by atoms with Crippen molar-refractivity contribution in [2.45, 2.75) is 52.4 Å². The van der Waals surface area contributed by atoms with E-state index >= 15 is 0 Å². The van der Waals surface area contributed by atoms with Crippen molar-refractivity contribution in [1.29, 1.82) is 0 Å². The van der Waals surface area contributed by atoms with Gasteiger partial charge in [-0.15, -0.1) is 0 Å². The fourth-order valence-corrected chi connectivity index (χ4v) is 2.39. The summed E-state index contributed by atoms with van der Waals surface area (Å²) in [6.07, 6.45) is 9.82. The topological polar surface area (TPSA) is 45.7 Å². The number of hydrogen-bond acceptors (Lipinski definition) is 2. The van der Waals surface area contributed by atoms with Gasteiger partial charge in [0.25, 0.3) is 0 Å². The molecular formula is C17H33N3O. The Morgan fingerprint density at radius 2 is 2.10 bits per heavy atom. The SMILES string of the molecule is CN=C(NCCCOCC(C)C)NCCC1=CCCCC1. The molecule has 0 aromatic rings. The summed E-state index contributed by atoms with van der Waals surface area (Å²) in [5, 5.41) is 6.72. The van der Waals surface area contributed by atoms with Crippen LogP contribution in [-0.2, 0) is 4.74 Å². The summed E-state index contributed by atoms with van der Waals surface area (Å²) in [6, 6.07) is 0. The van der Waals surface area contributed by atoms with E-state index in [1.165, 1.54) is 25.7 Å². The van der Waals surface area contributed by atoms with Crippen molar-refractivity contribution in [1.82, 2.24) is 10.6 Å². The lowest BCUT2D eigenvalue weighted by atomic mass is 9.97. The first-order valence-electron chi connectivity index (χ1n) is 8.42. The van der Waals surface area contributed by atoms with Crippen LogP contribution in [-0.4, -0.2) is 39.3 Å². The highest BCUT2D eigenvalue weighted by molar-refractivity contribution is 5.79. The number of nitrogens with zero attached hydrogens (tertiary/aromatic N) is 1. The predicted molar refractivity (Wildman–Crippen MR) is 90.8 cm³/mol. The van der Waals surface area contributed by atoms with Crippen molar-refractivity contribution >= 4 is 5.96 Å². The molecule has 1 aliphatic carbocycles. The molecule has 0 saturated carbocycles. The molecule has 21 heavy (non-hydrogen) atoms. The zero-order valence-electron chi connectivity index (χ0n) is 14.1. The fourth-order valence-electron chi connectivity index (χ4n) is 2.39. The van der Waals surface area contributed by atoms with Gasteiger partial charge in [0, 0.05) is 33.4 Å². The molecular weight excluding hydrogens is 262 g/mol. The zero-order chi connectivity index (χ0) is 15.3. The second-order valence-corrected chi connectivity index (χ2v) is 6.11. The summed E-state index contributed by atoms with van der Waals surface area (Å²) in [6.45, 7) is 7.88. The maximum Gasteiger partial charge on any atom is 0.190 e. The lowest BCUT2D eigenvalue weighted by Gasteiger charge is -2.15. The van der Waals surface area contributed by atoms with Gasteiger partial charge in [-0.05, 0) is 44.4 Å². The second kappa shape index (κ2) is 11.6. The number of hydrogen-bond donors (Lipinski definition) is 2. The summed E-state index contributed by atoms with van der Waals surface area (Å²) in [4.78, 5) is 4.25. The molecule has 0 radical (unpaired) electrons. The Kier molecular flexibility index (Phi) is 9.96. The van der Waals surface area contributed by atoms with Crippen LogP contribution in [0.25, 0.3) is 0 Å². The summed E-state index contributed by atoms with van der Waals surface area (Å²) in [7, 11) is 1.82. The van der Waals surface area contributed by atoms with E-state index in [2.05, 4.69) is 35.5 Å². The van der Waals surface area contributed by atoms with Crippen molar-refractivity contribution in [3.8, 4) is 0 Å². The van der Waals surface area contributed by atoms with Gasteiger partial charge >= 0.3 is 0 Å². The van der Waals surface area contributed by atoms with Crippen LogP contribution >= 0.6 is 0 Å². The molecule has 122 valence electrons. The van der Waals surface area contributed by atoms with Gasteiger partial charge in [-0.2, -0.15) is 0 Å². The minimum absolute atomic E-state index is 0.612. The number of guanidine groups is 1. The van der Waals surface area contributed by atoms with Crippen LogP contribution in [0.15, 0.2) is 16.6 Å². The third kappa shape index (κ3) is 9.51. The molecule has 0 unspecified atom stereocenters. The summed E-state index contributed by atoms with van der Waals surface area (Å²) in [5.41, 5.74) is 1.60. The van der Waals surface area contributed by atoms with E-state index in [0.717, 1.165) is 45.1 Å². The highest BCUT2D eigenvalue weighted by atomic mass is 16.5. The maximum absolute atomic E-state index is 5.56. The number of ether oxygens (including phenoxy) is 1. The van der Waals surface area contributed by atoms with Gasteiger partial charge in [0.1, 0.15) is 0 Å². The molecule has 0 spiro atoms. The minimum atomic E-state index is 0.612. The predicted octanol–water partition coefficient (Wildman–Crippen LogP) is 3.10. The van der Waals surface area contributed by atoms with Crippen LogP contribution in [0.2, 0.25) is 0 Å². The van der Waals surface area contributed by atoms with E-state index in [9.17, 15) is 0 Å². The number of rotatable bonds is 9. The Morgan fingerprint density at radius 3 is 2.76 bits per heavy atom. The summed E-state index contributed by atoms with van der Waals surface area (Å²) in [5.74, 6) is 1.51. The first-order chi connectivity index (χ1) is 10.2. The van der Waals surface area contributed by atoms with Gasteiger partial charge in [0.15, 0.2) is 5.96 Å². The standard InChI is InChI=1S/C17H33N3O/c1-15(2)14-21-13-7-11-19-17(18-3)20-12-10-16-8-5-4-6-9-16/h8,15H,4-7,9-14H2,1-3H3,(H2,18,19,20). The largest absolute Gasteiger partial charge is 0.381 e.